The zero-order chi connectivity index (χ0) is 25.5. The molecule has 0 radical (unpaired) electrons. The fourth-order valence-corrected chi connectivity index (χ4v) is 4.88. The first-order valence-corrected chi connectivity index (χ1v) is 12.4. The van der Waals surface area contributed by atoms with Crippen LogP contribution in [-0.4, -0.2) is 21.8 Å². The summed E-state index contributed by atoms with van der Waals surface area (Å²) in [7, 11) is 0. The molecule has 0 saturated carbocycles. The summed E-state index contributed by atoms with van der Waals surface area (Å²) in [4.78, 5) is 21.8. The molecule has 0 bridgehead atoms. The second-order valence-electron chi connectivity index (χ2n) is 8.11. The van der Waals surface area contributed by atoms with Crippen LogP contribution < -0.4 is 5.32 Å². The largest absolute Gasteiger partial charge is 0.476 e. The molecule has 0 fully saturated rings. The van der Waals surface area contributed by atoms with Crippen molar-refractivity contribution in [1.29, 1.82) is 0 Å². The average Bonchev–Trinajstić information content (AvgIpc) is 3.63. The van der Waals surface area contributed by atoms with Crippen LogP contribution in [0.1, 0.15) is 28.1 Å². The number of aliphatic carboxylic acids is 1. The van der Waals surface area contributed by atoms with E-state index in [-0.39, 0.29) is 18.0 Å². The van der Waals surface area contributed by atoms with E-state index in [2.05, 4.69) is 51.9 Å². The maximum absolute atomic E-state index is 12.0. The van der Waals surface area contributed by atoms with Crippen LogP contribution in [-0.2, 0) is 21.8 Å². The lowest BCUT2D eigenvalue weighted by Gasteiger charge is -2.36. The number of hydrogen-bond acceptors (Lipinski definition) is 7. The van der Waals surface area contributed by atoms with Crippen molar-refractivity contribution in [3.05, 3.63) is 143 Å². The highest BCUT2D eigenvalue weighted by molar-refractivity contribution is 7.14. The quantitative estimate of drug-likeness (QED) is 0.133. The third-order valence-corrected chi connectivity index (χ3v) is 6.56. The number of benzene rings is 3. The van der Waals surface area contributed by atoms with E-state index in [1.807, 2.05) is 54.6 Å². The predicted octanol–water partition coefficient (Wildman–Crippen LogP) is 6.15. The van der Waals surface area contributed by atoms with Gasteiger partial charge in [0.15, 0.2) is 11.7 Å². The molecule has 0 unspecified atom stereocenters. The van der Waals surface area contributed by atoms with Crippen molar-refractivity contribution < 1.29 is 19.2 Å². The van der Waals surface area contributed by atoms with Gasteiger partial charge in [-0.1, -0.05) is 96.2 Å². The molecule has 2 N–H and O–H groups in total. The summed E-state index contributed by atoms with van der Waals surface area (Å²) in [6.45, 7) is 0.0121. The molecule has 0 spiro atoms. The summed E-state index contributed by atoms with van der Waals surface area (Å²) in [6.07, 6.45) is 1.51. The van der Waals surface area contributed by atoms with Gasteiger partial charge in [-0.25, -0.2) is 9.78 Å². The second-order valence-corrected chi connectivity index (χ2v) is 8.97. The number of carboxylic acid groups (broad SMARTS) is 1. The Morgan fingerprint density at radius 1 is 0.892 bits per heavy atom. The van der Waals surface area contributed by atoms with Gasteiger partial charge in [0.05, 0.1) is 6.26 Å². The van der Waals surface area contributed by atoms with E-state index in [9.17, 15) is 9.90 Å². The molecule has 0 aliphatic rings. The molecule has 0 aliphatic carbocycles. The predicted molar refractivity (Wildman–Crippen MR) is 143 cm³/mol. The summed E-state index contributed by atoms with van der Waals surface area (Å²) in [5, 5.41) is 19.4. The van der Waals surface area contributed by atoms with Gasteiger partial charge in [-0.3, -0.25) is 0 Å². The SMILES string of the molecule is O=C(O)C(=NOCc1ccco1)c1csc(NC(c2ccccc2)(c2ccccc2)c2ccccc2)n1. The Labute approximate surface area is 217 Å². The van der Waals surface area contributed by atoms with E-state index in [4.69, 9.17) is 9.25 Å². The topological polar surface area (TPSA) is 97.0 Å². The van der Waals surface area contributed by atoms with Crippen LogP contribution >= 0.6 is 11.3 Å². The zero-order valence-electron chi connectivity index (χ0n) is 19.7. The first-order valence-electron chi connectivity index (χ1n) is 11.5. The van der Waals surface area contributed by atoms with Crippen molar-refractivity contribution in [3.63, 3.8) is 0 Å². The van der Waals surface area contributed by atoms with Gasteiger partial charge in [-0.05, 0) is 28.8 Å². The number of rotatable bonds is 10. The molecule has 37 heavy (non-hydrogen) atoms. The number of oxime groups is 1. The molecule has 0 amide bonds. The summed E-state index contributed by atoms with van der Waals surface area (Å²) >= 11 is 1.30. The van der Waals surface area contributed by atoms with Crippen LogP contribution in [0.5, 0.6) is 0 Å². The van der Waals surface area contributed by atoms with Crippen LogP contribution in [0.2, 0.25) is 0 Å². The number of nitrogens with one attached hydrogen (secondary N) is 1. The van der Waals surface area contributed by atoms with Crippen LogP contribution in [0, 0.1) is 0 Å². The van der Waals surface area contributed by atoms with Gasteiger partial charge in [0.25, 0.3) is 0 Å². The fourth-order valence-electron chi connectivity index (χ4n) is 4.13. The first-order chi connectivity index (χ1) is 18.2. The van der Waals surface area contributed by atoms with Gasteiger partial charge in [0.1, 0.15) is 17.0 Å². The number of carbonyl (C=O) groups is 1. The fraction of sp³-hybridized carbons (Fsp3) is 0.0690. The van der Waals surface area contributed by atoms with Gasteiger partial charge < -0.3 is 19.7 Å². The van der Waals surface area contributed by atoms with Crippen molar-refractivity contribution in [2.24, 2.45) is 5.16 Å². The highest BCUT2D eigenvalue weighted by atomic mass is 32.1. The van der Waals surface area contributed by atoms with Crippen molar-refractivity contribution >= 4 is 28.1 Å². The molecule has 7 nitrogen and oxygen atoms in total. The molecule has 3 aromatic carbocycles. The van der Waals surface area contributed by atoms with Gasteiger partial charge in [-0.15, -0.1) is 11.3 Å². The van der Waals surface area contributed by atoms with E-state index < -0.39 is 11.5 Å². The summed E-state index contributed by atoms with van der Waals surface area (Å²) in [6, 6.07) is 33.7. The number of carboxylic acids is 1. The molecule has 0 atom stereocenters. The third kappa shape index (κ3) is 5.14. The lowest BCUT2D eigenvalue weighted by Crippen LogP contribution is -2.38. The van der Waals surface area contributed by atoms with Crippen molar-refractivity contribution in [1.82, 2.24) is 4.98 Å². The lowest BCUT2D eigenvalue weighted by molar-refractivity contribution is -0.129. The van der Waals surface area contributed by atoms with Crippen LogP contribution in [0.3, 0.4) is 0 Å². The second kappa shape index (κ2) is 10.9. The number of furan rings is 1. The molecular weight excluding hydrogens is 486 g/mol. The molecule has 8 heteroatoms. The number of hydrogen-bond donors (Lipinski definition) is 2. The van der Waals surface area contributed by atoms with E-state index in [0.29, 0.717) is 10.9 Å². The summed E-state index contributed by atoms with van der Waals surface area (Å²) < 4.78 is 5.20. The third-order valence-electron chi connectivity index (χ3n) is 5.81. The number of aromatic nitrogens is 1. The highest BCUT2D eigenvalue weighted by Gasteiger charge is 2.37. The highest BCUT2D eigenvalue weighted by Crippen LogP contribution is 2.40. The van der Waals surface area contributed by atoms with Crippen molar-refractivity contribution in [3.8, 4) is 0 Å². The molecule has 0 saturated heterocycles. The number of anilines is 1. The van der Waals surface area contributed by atoms with Crippen molar-refractivity contribution in [2.75, 3.05) is 5.32 Å². The van der Waals surface area contributed by atoms with Crippen molar-refractivity contribution in [2.45, 2.75) is 12.1 Å². The molecule has 5 aromatic rings. The van der Waals surface area contributed by atoms with E-state index in [1.165, 1.54) is 17.6 Å². The van der Waals surface area contributed by atoms with Gasteiger partial charge in [0.2, 0.25) is 5.71 Å². The standard InChI is InChI=1S/C29H23N3O4S/c33-27(34)26(32-36-19-24-17-10-18-35-24)25-20-37-28(30-25)31-29(21-11-4-1-5-12-21,22-13-6-2-7-14-22)23-15-8-3-9-16-23/h1-18,20H,19H2,(H,30,31)(H,33,34). The Morgan fingerprint density at radius 3 is 1.95 bits per heavy atom. The average molecular weight is 510 g/mol. The molecule has 2 aromatic heterocycles. The molecule has 0 aliphatic heterocycles. The van der Waals surface area contributed by atoms with Crippen LogP contribution in [0.4, 0.5) is 5.13 Å². The normalized spacial score (nSPS) is 11.7. The Bertz CT molecular complexity index is 1370. The Kier molecular flexibility index (Phi) is 7.09. The Balaban J connectivity index is 1.55. The van der Waals surface area contributed by atoms with Crippen LogP contribution in [0.25, 0.3) is 0 Å². The molecule has 2 heterocycles. The summed E-state index contributed by atoms with van der Waals surface area (Å²) in [5.41, 5.74) is 2.16. The number of nitrogens with zero attached hydrogens (tertiary/aromatic N) is 2. The Morgan fingerprint density at radius 2 is 1.46 bits per heavy atom. The smallest absolute Gasteiger partial charge is 0.360 e. The van der Waals surface area contributed by atoms with Gasteiger partial charge in [0, 0.05) is 5.38 Å². The van der Waals surface area contributed by atoms with Gasteiger partial charge in [-0.2, -0.15) is 0 Å². The number of thiazole rings is 1. The molecule has 184 valence electrons. The van der Waals surface area contributed by atoms with E-state index >= 15 is 0 Å². The zero-order valence-corrected chi connectivity index (χ0v) is 20.5. The maximum Gasteiger partial charge on any atom is 0.360 e. The maximum atomic E-state index is 12.0. The minimum absolute atomic E-state index is 0.0121. The molecule has 5 rings (SSSR count). The molecular formula is C29H23N3O4S. The summed E-state index contributed by atoms with van der Waals surface area (Å²) in [5.74, 6) is -0.704. The van der Waals surface area contributed by atoms with E-state index in [0.717, 1.165) is 16.7 Å². The lowest BCUT2D eigenvalue weighted by atomic mass is 9.77. The van der Waals surface area contributed by atoms with Gasteiger partial charge >= 0.3 is 5.97 Å². The van der Waals surface area contributed by atoms with E-state index in [1.54, 1.807) is 17.5 Å². The Hall–Kier alpha value is -4.69. The first kappa shape index (κ1) is 24.0. The monoisotopic (exact) mass is 509 g/mol. The van der Waals surface area contributed by atoms with Crippen LogP contribution in [0.15, 0.2) is 124 Å². The minimum atomic E-state index is -1.24. The minimum Gasteiger partial charge on any atom is -0.476 e.